The summed E-state index contributed by atoms with van der Waals surface area (Å²) in [7, 11) is -0.927. The monoisotopic (exact) mass is 295 g/mol. The van der Waals surface area contributed by atoms with Gasteiger partial charge in [0.25, 0.3) is 0 Å². The first-order valence-corrected chi connectivity index (χ1v) is 7.12. The van der Waals surface area contributed by atoms with Crippen LogP contribution in [-0.4, -0.2) is 40.0 Å². The predicted octanol–water partition coefficient (Wildman–Crippen LogP) is 2.14. The summed E-state index contributed by atoms with van der Waals surface area (Å²) >= 11 is 5.57. The summed E-state index contributed by atoms with van der Waals surface area (Å²) in [5, 5.41) is -0.207. The summed E-state index contributed by atoms with van der Waals surface area (Å²) < 4.78 is 43.8. The zero-order chi connectivity index (χ0) is 13.8. The van der Waals surface area contributed by atoms with Gasteiger partial charge >= 0.3 is 0 Å². The smallest absolute Gasteiger partial charge is 0.245 e. The summed E-state index contributed by atoms with van der Waals surface area (Å²) in [5.41, 5.74) is 0. The summed E-state index contributed by atoms with van der Waals surface area (Å²) in [6.45, 7) is 0.694. The molecule has 1 aromatic carbocycles. The molecule has 0 aliphatic rings. The molecule has 0 spiro atoms. The van der Waals surface area contributed by atoms with Gasteiger partial charge in [0.1, 0.15) is 4.90 Å². The second kappa shape index (κ2) is 6.47. The molecule has 0 radical (unpaired) electrons. The number of benzene rings is 1. The van der Waals surface area contributed by atoms with E-state index >= 15 is 0 Å². The lowest BCUT2D eigenvalue weighted by molar-refractivity contribution is 0.189. The highest BCUT2D eigenvalue weighted by atomic mass is 35.5. The summed E-state index contributed by atoms with van der Waals surface area (Å²) in [5.74, 6) is -0.919. The van der Waals surface area contributed by atoms with E-state index in [1.165, 1.54) is 32.4 Å². The third-order valence-electron chi connectivity index (χ3n) is 2.43. The van der Waals surface area contributed by atoms with E-state index in [0.29, 0.717) is 13.0 Å². The minimum atomic E-state index is -3.85. The van der Waals surface area contributed by atoms with Gasteiger partial charge in [-0.25, -0.2) is 17.1 Å². The molecule has 1 rings (SSSR count). The van der Waals surface area contributed by atoms with Crippen LogP contribution in [0.3, 0.4) is 0 Å². The maximum absolute atomic E-state index is 13.7. The van der Waals surface area contributed by atoms with Crippen molar-refractivity contribution in [2.75, 3.05) is 27.3 Å². The lowest BCUT2D eigenvalue weighted by atomic mass is 10.3. The van der Waals surface area contributed by atoms with Gasteiger partial charge in [-0.15, -0.1) is 0 Å². The molecule has 0 aliphatic heterocycles. The minimum absolute atomic E-state index is 0.207. The van der Waals surface area contributed by atoms with Gasteiger partial charge in [0.2, 0.25) is 10.0 Å². The first kappa shape index (κ1) is 15.4. The third kappa shape index (κ3) is 3.41. The Bertz CT molecular complexity index is 507. The lowest BCUT2D eigenvalue weighted by Gasteiger charge is -2.17. The molecule has 0 heterocycles. The van der Waals surface area contributed by atoms with E-state index in [0.717, 1.165) is 4.31 Å². The molecule has 0 amide bonds. The van der Waals surface area contributed by atoms with Crippen molar-refractivity contribution in [3.05, 3.63) is 29.0 Å². The molecule has 0 saturated carbocycles. The quantitative estimate of drug-likeness (QED) is 0.755. The Morgan fingerprint density at radius 2 is 2.11 bits per heavy atom. The van der Waals surface area contributed by atoms with Crippen LogP contribution in [0.5, 0.6) is 0 Å². The van der Waals surface area contributed by atoms with E-state index in [1.54, 1.807) is 0 Å². The fourth-order valence-corrected chi connectivity index (χ4v) is 2.93. The van der Waals surface area contributed by atoms with Crippen LogP contribution in [0.2, 0.25) is 5.02 Å². The summed E-state index contributed by atoms with van der Waals surface area (Å²) in [6.07, 6.45) is 0.536. The first-order chi connectivity index (χ1) is 8.41. The molecule has 102 valence electrons. The molecule has 18 heavy (non-hydrogen) atoms. The molecule has 0 N–H and O–H groups in total. The van der Waals surface area contributed by atoms with Gasteiger partial charge in [0.05, 0.1) is 5.02 Å². The van der Waals surface area contributed by atoms with Crippen molar-refractivity contribution in [3.63, 3.8) is 0 Å². The van der Waals surface area contributed by atoms with Gasteiger partial charge in [-0.2, -0.15) is 0 Å². The Kier molecular flexibility index (Phi) is 5.52. The molecule has 4 nitrogen and oxygen atoms in total. The maximum atomic E-state index is 13.7. The van der Waals surface area contributed by atoms with Crippen molar-refractivity contribution < 1.29 is 17.5 Å². The van der Waals surface area contributed by atoms with E-state index in [1.807, 2.05) is 0 Å². The average Bonchev–Trinajstić information content (AvgIpc) is 2.32. The van der Waals surface area contributed by atoms with E-state index in [4.69, 9.17) is 16.3 Å². The van der Waals surface area contributed by atoms with Gasteiger partial charge in [-0.1, -0.05) is 17.7 Å². The highest BCUT2D eigenvalue weighted by Crippen LogP contribution is 2.24. The average molecular weight is 296 g/mol. The van der Waals surface area contributed by atoms with Crippen LogP contribution >= 0.6 is 11.6 Å². The highest BCUT2D eigenvalue weighted by Gasteiger charge is 2.25. The number of ether oxygens (including phenoxy) is 1. The van der Waals surface area contributed by atoms with Crippen molar-refractivity contribution >= 4 is 21.6 Å². The van der Waals surface area contributed by atoms with E-state index in [-0.39, 0.29) is 11.6 Å². The van der Waals surface area contributed by atoms with Gasteiger partial charge in [-0.3, -0.25) is 0 Å². The zero-order valence-corrected chi connectivity index (χ0v) is 11.8. The predicted molar refractivity (Wildman–Crippen MR) is 67.7 cm³/mol. The van der Waals surface area contributed by atoms with Crippen LogP contribution < -0.4 is 0 Å². The molecular formula is C11H15ClFNO3S. The molecule has 0 aromatic heterocycles. The summed E-state index contributed by atoms with van der Waals surface area (Å²) in [4.78, 5) is -0.407. The topological polar surface area (TPSA) is 46.6 Å². The Morgan fingerprint density at radius 3 is 2.72 bits per heavy atom. The fraction of sp³-hybridized carbons (Fsp3) is 0.455. The van der Waals surface area contributed by atoms with Crippen molar-refractivity contribution in [2.45, 2.75) is 11.3 Å². The normalized spacial score (nSPS) is 12.1. The molecule has 1 aromatic rings. The fourth-order valence-electron chi connectivity index (χ4n) is 1.40. The van der Waals surface area contributed by atoms with Crippen LogP contribution in [0, 0.1) is 5.82 Å². The third-order valence-corrected chi connectivity index (χ3v) is 4.59. The van der Waals surface area contributed by atoms with E-state index in [2.05, 4.69) is 0 Å². The minimum Gasteiger partial charge on any atom is -0.385 e. The molecule has 0 atom stereocenters. The first-order valence-electron chi connectivity index (χ1n) is 5.30. The maximum Gasteiger partial charge on any atom is 0.245 e. The van der Waals surface area contributed by atoms with Crippen LogP contribution in [0.1, 0.15) is 6.42 Å². The SMILES string of the molecule is COCCCN(C)S(=O)(=O)c1cccc(Cl)c1F. The number of halogens is 2. The molecule has 0 unspecified atom stereocenters. The van der Waals surface area contributed by atoms with E-state index in [9.17, 15) is 12.8 Å². The number of hydrogen-bond acceptors (Lipinski definition) is 3. The number of sulfonamides is 1. The molecule has 0 saturated heterocycles. The number of rotatable bonds is 6. The summed E-state index contributed by atoms with van der Waals surface area (Å²) in [6, 6.07) is 3.91. The molecule has 7 heteroatoms. The van der Waals surface area contributed by atoms with Gasteiger partial charge in [0, 0.05) is 27.3 Å². The molecule has 0 bridgehead atoms. The van der Waals surface area contributed by atoms with Crippen molar-refractivity contribution in [2.24, 2.45) is 0 Å². The Balaban J connectivity index is 2.95. The van der Waals surface area contributed by atoms with Gasteiger partial charge in [0.15, 0.2) is 5.82 Å². The van der Waals surface area contributed by atoms with Gasteiger partial charge < -0.3 is 4.74 Å². The van der Waals surface area contributed by atoms with Crippen LogP contribution in [0.4, 0.5) is 4.39 Å². The van der Waals surface area contributed by atoms with Crippen molar-refractivity contribution in [1.82, 2.24) is 4.31 Å². The van der Waals surface area contributed by atoms with Crippen LogP contribution in [-0.2, 0) is 14.8 Å². The largest absolute Gasteiger partial charge is 0.385 e. The molecule has 0 fully saturated rings. The Labute approximate surface area is 111 Å². The van der Waals surface area contributed by atoms with Crippen LogP contribution in [0.25, 0.3) is 0 Å². The highest BCUT2D eigenvalue weighted by molar-refractivity contribution is 7.89. The number of methoxy groups -OCH3 is 1. The number of hydrogen-bond donors (Lipinski definition) is 0. The Morgan fingerprint density at radius 1 is 1.44 bits per heavy atom. The van der Waals surface area contributed by atoms with Crippen molar-refractivity contribution in [1.29, 1.82) is 0 Å². The van der Waals surface area contributed by atoms with Crippen LogP contribution in [0.15, 0.2) is 23.1 Å². The second-order valence-electron chi connectivity index (χ2n) is 3.72. The number of nitrogens with zero attached hydrogens (tertiary/aromatic N) is 1. The van der Waals surface area contributed by atoms with E-state index < -0.39 is 20.7 Å². The van der Waals surface area contributed by atoms with Gasteiger partial charge in [-0.05, 0) is 18.6 Å². The molecular weight excluding hydrogens is 281 g/mol. The second-order valence-corrected chi connectivity index (χ2v) is 6.15. The molecule has 0 aliphatic carbocycles. The lowest BCUT2D eigenvalue weighted by Crippen LogP contribution is -2.29. The zero-order valence-electron chi connectivity index (χ0n) is 10.2. The Hall–Kier alpha value is -0.690. The standard InChI is InChI=1S/C11H15ClFNO3S/c1-14(7-4-8-17-2)18(15,16)10-6-3-5-9(12)11(10)13/h3,5-6H,4,7-8H2,1-2H3. The van der Waals surface area contributed by atoms with Crippen molar-refractivity contribution in [3.8, 4) is 0 Å².